The van der Waals surface area contributed by atoms with Crippen LogP contribution in [-0.4, -0.2) is 16.5 Å². The van der Waals surface area contributed by atoms with E-state index in [1.807, 2.05) is 6.07 Å². The molecule has 0 bridgehead atoms. The van der Waals surface area contributed by atoms with Crippen LogP contribution < -0.4 is 5.32 Å². The summed E-state index contributed by atoms with van der Waals surface area (Å²) in [6, 6.07) is 12.6. The molecule has 0 amide bonds. The Kier molecular flexibility index (Phi) is 3.83. The molecule has 1 aromatic heterocycles. The maximum Gasteiger partial charge on any atom is 0.158 e. The zero-order valence-corrected chi connectivity index (χ0v) is 11.9. The first-order chi connectivity index (χ1) is 10.3. The van der Waals surface area contributed by atoms with Crippen LogP contribution in [0.5, 0.6) is 0 Å². The lowest BCUT2D eigenvalue weighted by Gasteiger charge is -2.42. The van der Waals surface area contributed by atoms with Gasteiger partial charge in [0.2, 0.25) is 0 Å². The molecule has 0 unspecified atom stereocenters. The monoisotopic (exact) mass is 278 g/mol. The largest absolute Gasteiger partial charge is 0.368 e. The summed E-state index contributed by atoms with van der Waals surface area (Å²) in [5.74, 6) is 0.744. The maximum absolute atomic E-state index is 8.73. The second kappa shape index (κ2) is 5.92. The molecular formula is C17H18N4. The first kappa shape index (κ1) is 13.6. The van der Waals surface area contributed by atoms with E-state index in [4.69, 9.17) is 5.26 Å². The van der Waals surface area contributed by atoms with E-state index in [0.29, 0.717) is 11.1 Å². The van der Waals surface area contributed by atoms with Crippen molar-refractivity contribution >= 4 is 5.82 Å². The third kappa shape index (κ3) is 3.19. The lowest BCUT2D eigenvalue weighted by atomic mass is 9.65. The van der Waals surface area contributed by atoms with Crippen molar-refractivity contribution < 1.29 is 0 Å². The molecule has 2 aromatic rings. The number of rotatable bonds is 5. The third-order valence-corrected chi connectivity index (χ3v) is 4.25. The van der Waals surface area contributed by atoms with E-state index in [9.17, 15) is 0 Å². The molecule has 1 N–H and O–H groups in total. The molecule has 1 aliphatic carbocycles. The maximum atomic E-state index is 8.73. The summed E-state index contributed by atoms with van der Waals surface area (Å²) < 4.78 is 0. The molecule has 4 heteroatoms. The van der Waals surface area contributed by atoms with Crippen LogP contribution >= 0.6 is 0 Å². The summed E-state index contributed by atoms with van der Waals surface area (Å²) >= 11 is 0. The molecule has 1 fully saturated rings. The van der Waals surface area contributed by atoms with Gasteiger partial charge >= 0.3 is 0 Å². The van der Waals surface area contributed by atoms with Gasteiger partial charge in [-0.1, -0.05) is 36.8 Å². The van der Waals surface area contributed by atoms with Crippen LogP contribution in [0, 0.1) is 16.7 Å². The quantitative estimate of drug-likeness (QED) is 0.912. The van der Waals surface area contributed by atoms with Crippen molar-refractivity contribution in [2.45, 2.75) is 25.7 Å². The summed E-state index contributed by atoms with van der Waals surface area (Å²) in [6.07, 6.45) is 8.04. The number of benzene rings is 1. The molecule has 21 heavy (non-hydrogen) atoms. The van der Waals surface area contributed by atoms with Gasteiger partial charge in [0.1, 0.15) is 11.9 Å². The Morgan fingerprint density at radius 1 is 1.14 bits per heavy atom. The second-order valence-corrected chi connectivity index (χ2v) is 5.77. The predicted octanol–water partition coefficient (Wildman–Crippen LogP) is 3.17. The summed E-state index contributed by atoms with van der Waals surface area (Å²) in [5.41, 5.74) is 2.07. The van der Waals surface area contributed by atoms with Crippen molar-refractivity contribution in [3.63, 3.8) is 0 Å². The molecule has 1 aromatic carbocycles. The highest BCUT2D eigenvalue weighted by Crippen LogP contribution is 2.43. The van der Waals surface area contributed by atoms with Crippen LogP contribution in [0.3, 0.4) is 0 Å². The topological polar surface area (TPSA) is 61.6 Å². The van der Waals surface area contributed by atoms with E-state index >= 15 is 0 Å². The van der Waals surface area contributed by atoms with Crippen molar-refractivity contribution in [3.8, 4) is 6.07 Å². The molecule has 0 spiro atoms. The normalized spacial score (nSPS) is 15.8. The molecule has 0 radical (unpaired) electrons. The Morgan fingerprint density at radius 2 is 1.95 bits per heavy atom. The Morgan fingerprint density at radius 3 is 2.52 bits per heavy atom. The van der Waals surface area contributed by atoms with Gasteiger partial charge in [-0.25, -0.2) is 9.97 Å². The minimum atomic E-state index is 0.330. The van der Waals surface area contributed by atoms with Gasteiger partial charge in [0.05, 0.1) is 12.4 Å². The van der Waals surface area contributed by atoms with E-state index in [-0.39, 0.29) is 0 Å². The molecule has 0 atom stereocenters. The average Bonchev–Trinajstić information content (AvgIpc) is 2.51. The highest BCUT2D eigenvalue weighted by Gasteiger charge is 2.36. The fourth-order valence-electron chi connectivity index (χ4n) is 2.88. The van der Waals surface area contributed by atoms with Crippen LogP contribution in [0.2, 0.25) is 0 Å². The molecule has 4 nitrogen and oxygen atoms in total. The summed E-state index contributed by atoms with van der Waals surface area (Å²) in [4.78, 5) is 8.26. The molecular weight excluding hydrogens is 260 g/mol. The Balaban J connectivity index is 1.63. The van der Waals surface area contributed by atoms with Crippen LogP contribution in [-0.2, 0) is 6.42 Å². The van der Waals surface area contributed by atoms with E-state index in [0.717, 1.165) is 18.8 Å². The van der Waals surface area contributed by atoms with Gasteiger partial charge in [0, 0.05) is 6.54 Å². The van der Waals surface area contributed by atoms with Gasteiger partial charge in [-0.15, -0.1) is 0 Å². The van der Waals surface area contributed by atoms with Crippen LogP contribution in [0.1, 0.15) is 30.5 Å². The second-order valence-electron chi connectivity index (χ2n) is 5.77. The molecule has 1 aliphatic rings. The van der Waals surface area contributed by atoms with E-state index < -0.39 is 0 Å². The van der Waals surface area contributed by atoms with Crippen LogP contribution in [0.25, 0.3) is 0 Å². The van der Waals surface area contributed by atoms with Gasteiger partial charge in [-0.05, 0) is 30.2 Å². The Bertz CT molecular complexity index is 624. The number of aromatic nitrogens is 2. The molecule has 3 rings (SSSR count). The zero-order valence-electron chi connectivity index (χ0n) is 11.9. The predicted molar refractivity (Wildman–Crippen MR) is 81.7 cm³/mol. The number of nitrogens with zero attached hydrogens (tertiary/aromatic N) is 3. The minimum absolute atomic E-state index is 0.330. The molecule has 1 saturated carbocycles. The number of hydrogen-bond donors (Lipinski definition) is 1. The first-order valence-electron chi connectivity index (χ1n) is 7.30. The van der Waals surface area contributed by atoms with Gasteiger partial charge in [-0.3, -0.25) is 0 Å². The molecule has 1 heterocycles. The highest BCUT2D eigenvalue weighted by molar-refractivity contribution is 5.34. The molecule has 0 saturated heterocycles. The number of hydrogen-bond acceptors (Lipinski definition) is 4. The summed E-state index contributed by atoms with van der Waals surface area (Å²) in [5, 5.41) is 12.1. The number of nitrogens with one attached hydrogen (secondary N) is 1. The standard InChI is InChI=1S/C17H18N4/c18-10-15-11-20-16(12-19-15)21-13-17(7-4-8-17)9-14-5-2-1-3-6-14/h1-3,5-6,11-12H,4,7-9,13H2,(H,20,21). The summed E-state index contributed by atoms with van der Waals surface area (Å²) in [7, 11) is 0. The van der Waals surface area contributed by atoms with Crippen molar-refractivity contribution in [1.82, 2.24) is 9.97 Å². The van der Waals surface area contributed by atoms with E-state index in [1.165, 1.54) is 31.0 Å². The smallest absolute Gasteiger partial charge is 0.158 e. The first-order valence-corrected chi connectivity index (χ1v) is 7.30. The molecule has 0 aliphatic heterocycles. The fraction of sp³-hybridized carbons (Fsp3) is 0.353. The van der Waals surface area contributed by atoms with Crippen molar-refractivity contribution in [2.24, 2.45) is 5.41 Å². The van der Waals surface area contributed by atoms with E-state index in [2.05, 4.69) is 45.6 Å². The SMILES string of the molecule is N#Cc1cnc(NCC2(Cc3ccccc3)CCC2)cn1. The Labute approximate surface area is 124 Å². The number of anilines is 1. The fourth-order valence-corrected chi connectivity index (χ4v) is 2.88. The number of nitriles is 1. The van der Waals surface area contributed by atoms with Gasteiger partial charge in [-0.2, -0.15) is 5.26 Å². The zero-order chi connectivity index (χ0) is 14.5. The van der Waals surface area contributed by atoms with Crippen molar-refractivity contribution in [1.29, 1.82) is 5.26 Å². The average molecular weight is 278 g/mol. The van der Waals surface area contributed by atoms with Crippen LogP contribution in [0.4, 0.5) is 5.82 Å². The third-order valence-electron chi connectivity index (χ3n) is 4.25. The van der Waals surface area contributed by atoms with Crippen molar-refractivity contribution in [2.75, 3.05) is 11.9 Å². The van der Waals surface area contributed by atoms with Gasteiger partial charge < -0.3 is 5.32 Å². The van der Waals surface area contributed by atoms with E-state index in [1.54, 1.807) is 6.20 Å². The summed E-state index contributed by atoms with van der Waals surface area (Å²) in [6.45, 7) is 0.905. The van der Waals surface area contributed by atoms with Crippen molar-refractivity contribution in [3.05, 3.63) is 54.0 Å². The Hall–Kier alpha value is -2.41. The van der Waals surface area contributed by atoms with Gasteiger partial charge in [0.25, 0.3) is 0 Å². The lowest BCUT2D eigenvalue weighted by Crippen LogP contribution is -2.38. The molecule has 106 valence electrons. The lowest BCUT2D eigenvalue weighted by molar-refractivity contribution is 0.151. The van der Waals surface area contributed by atoms with Crippen LogP contribution in [0.15, 0.2) is 42.7 Å². The van der Waals surface area contributed by atoms with Gasteiger partial charge in [0.15, 0.2) is 5.69 Å². The minimum Gasteiger partial charge on any atom is -0.368 e. The highest BCUT2D eigenvalue weighted by atomic mass is 15.0.